The predicted octanol–water partition coefficient (Wildman–Crippen LogP) is -0.175. The van der Waals surface area contributed by atoms with Crippen LogP contribution in [0.15, 0.2) is 0 Å². The smallest absolute Gasteiger partial charge is 0.0328 e. The van der Waals surface area contributed by atoms with E-state index in [-0.39, 0.29) is 0 Å². The second-order valence-corrected chi connectivity index (χ2v) is 1.91. The summed E-state index contributed by atoms with van der Waals surface area (Å²) in [6.07, 6.45) is 0. The quantitative estimate of drug-likeness (QED) is 0.440. The first-order valence-electron chi connectivity index (χ1n) is 2.26. The van der Waals surface area contributed by atoms with E-state index in [0.29, 0.717) is 0 Å². The van der Waals surface area contributed by atoms with Crippen LogP contribution in [0.4, 0.5) is 0 Å². The van der Waals surface area contributed by atoms with E-state index in [2.05, 4.69) is 17.4 Å². The summed E-state index contributed by atoms with van der Waals surface area (Å²) in [6.45, 7) is 3.36. The third-order valence-electron chi connectivity index (χ3n) is 0.988. The number of nitrogens with one attached hydrogen (secondary N) is 1. The fourth-order valence-corrected chi connectivity index (χ4v) is 0.768. The molecule has 36 valence electrons. The molecule has 1 saturated heterocycles. The van der Waals surface area contributed by atoms with Gasteiger partial charge >= 0.3 is 0 Å². The van der Waals surface area contributed by atoms with Crippen LogP contribution in [0.2, 0.25) is 0 Å². The minimum Gasteiger partial charge on any atom is -0.251 e. The van der Waals surface area contributed by atoms with Gasteiger partial charge in [-0.3, -0.25) is 5.43 Å². The first-order valence-corrected chi connectivity index (χ1v) is 2.26. The Bertz CT molecular complexity index is 41.5. The van der Waals surface area contributed by atoms with Crippen molar-refractivity contribution in [1.29, 1.82) is 0 Å². The van der Waals surface area contributed by atoms with Gasteiger partial charge in [0.25, 0.3) is 0 Å². The molecule has 0 saturated carbocycles. The van der Waals surface area contributed by atoms with Gasteiger partial charge in [-0.1, -0.05) is 0 Å². The summed E-state index contributed by atoms with van der Waals surface area (Å²) in [5.74, 6) is 0. The van der Waals surface area contributed by atoms with Crippen LogP contribution in [0.3, 0.4) is 0 Å². The van der Waals surface area contributed by atoms with Crippen molar-refractivity contribution in [3.8, 4) is 0 Å². The number of likely N-dealkylation sites (N-methyl/N-ethyl adjacent to an activating group) is 1. The molecular weight excluding hydrogens is 76.1 g/mol. The molecule has 1 N–H and O–H groups in total. The fraction of sp³-hybridized carbons (Fsp3) is 1.00. The maximum Gasteiger partial charge on any atom is 0.0328 e. The van der Waals surface area contributed by atoms with E-state index in [1.807, 2.05) is 7.05 Å². The summed E-state index contributed by atoms with van der Waals surface area (Å²) < 4.78 is 0. The highest BCUT2D eigenvalue weighted by Crippen LogP contribution is 1.94. The maximum atomic E-state index is 3.14. The summed E-state index contributed by atoms with van der Waals surface area (Å²) >= 11 is 0. The molecule has 0 spiro atoms. The molecule has 0 unspecified atom stereocenters. The van der Waals surface area contributed by atoms with Crippen molar-refractivity contribution in [1.82, 2.24) is 10.4 Å². The molecule has 0 amide bonds. The summed E-state index contributed by atoms with van der Waals surface area (Å²) in [7, 11) is 2.04. The van der Waals surface area contributed by atoms with Gasteiger partial charge in [-0.05, 0) is 6.92 Å². The number of hydrazine groups is 1. The summed E-state index contributed by atoms with van der Waals surface area (Å²) in [4.78, 5) is 0. The predicted molar refractivity (Wildman–Crippen MR) is 25.2 cm³/mol. The topological polar surface area (TPSA) is 15.3 Å². The van der Waals surface area contributed by atoms with Gasteiger partial charge in [-0.15, -0.1) is 0 Å². The fourth-order valence-electron chi connectivity index (χ4n) is 0.768. The molecule has 1 atom stereocenters. The Hall–Kier alpha value is -0.0800. The van der Waals surface area contributed by atoms with E-state index in [9.17, 15) is 0 Å². The molecule has 0 aromatic rings. The van der Waals surface area contributed by atoms with Crippen LogP contribution in [0.25, 0.3) is 0 Å². The van der Waals surface area contributed by atoms with Crippen LogP contribution in [0, 0.1) is 0 Å². The van der Waals surface area contributed by atoms with E-state index >= 15 is 0 Å². The molecule has 0 bridgehead atoms. The van der Waals surface area contributed by atoms with Gasteiger partial charge < -0.3 is 0 Å². The summed E-state index contributed by atoms with van der Waals surface area (Å²) in [5, 5.41) is 2.07. The Balaban J connectivity index is 2.11. The van der Waals surface area contributed by atoms with Gasteiger partial charge in [0.1, 0.15) is 0 Å². The van der Waals surface area contributed by atoms with E-state index < -0.39 is 0 Å². The van der Waals surface area contributed by atoms with Crippen molar-refractivity contribution < 1.29 is 0 Å². The molecule has 0 aliphatic carbocycles. The average Bonchev–Trinajstić information content (AvgIpc) is 1.33. The Kier molecular flexibility index (Phi) is 0.821. The van der Waals surface area contributed by atoms with Crippen molar-refractivity contribution in [2.75, 3.05) is 13.6 Å². The van der Waals surface area contributed by atoms with Crippen molar-refractivity contribution in [3.63, 3.8) is 0 Å². The second kappa shape index (κ2) is 1.21. The minimum atomic E-state index is 0.718. The molecule has 6 heavy (non-hydrogen) atoms. The third-order valence-corrected chi connectivity index (χ3v) is 0.988. The van der Waals surface area contributed by atoms with Gasteiger partial charge in [0.05, 0.1) is 0 Å². The van der Waals surface area contributed by atoms with E-state index in [1.165, 1.54) is 6.54 Å². The molecule has 1 aliphatic heterocycles. The molecule has 0 aromatic carbocycles. The molecule has 0 aromatic heterocycles. The second-order valence-electron chi connectivity index (χ2n) is 1.91. The lowest BCUT2D eigenvalue weighted by atomic mass is 10.3. The van der Waals surface area contributed by atoms with Crippen LogP contribution in [0.5, 0.6) is 0 Å². The van der Waals surface area contributed by atoms with Crippen LogP contribution in [-0.2, 0) is 0 Å². The Morgan fingerprint density at radius 2 is 2.33 bits per heavy atom. The zero-order valence-corrected chi connectivity index (χ0v) is 4.23. The third kappa shape index (κ3) is 0.533. The van der Waals surface area contributed by atoms with Crippen molar-refractivity contribution >= 4 is 0 Å². The lowest BCUT2D eigenvalue weighted by molar-refractivity contribution is 0.0850. The van der Waals surface area contributed by atoms with Crippen molar-refractivity contribution in [2.24, 2.45) is 0 Å². The Morgan fingerprint density at radius 3 is 2.33 bits per heavy atom. The van der Waals surface area contributed by atoms with Crippen LogP contribution in [0.1, 0.15) is 6.92 Å². The first-order chi connectivity index (χ1) is 2.79. The van der Waals surface area contributed by atoms with Crippen LogP contribution >= 0.6 is 0 Å². The highest BCUT2D eigenvalue weighted by atomic mass is 15.6. The van der Waals surface area contributed by atoms with Crippen LogP contribution < -0.4 is 5.43 Å². The number of hydrogen-bond acceptors (Lipinski definition) is 2. The number of nitrogens with zero attached hydrogens (tertiary/aromatic N) is 1. The number of rotatable bonds is 0. The van der Waals surface area contributed by atoms with E-state index in [4.69, 9.17) is 0 Å². The average molecular weight is 86.1 g/mol. The first kappa shape index (κ1) is 4.09. The van der Waals surface area contributed by atoms with Crippen molar-refractivity contribution in [2.45, 2.75) is 13.0 Å². The molecule has 1 fully saturated rings. The van der Waals surface area contributed by atoms with Crippen LogP contribution in [-0.4, -0.2) is 24.6 Å². The standard InChI is InChI=1S/C4H10N2/c1-4-3-6(2)5-4/h4-5H,3H2,1-2H3/t4-/m1/s1. The van der Waals surface area contributed by atoms with Gasteiger partial charge in [-0.25, -0.2) is 5.01 Å². The van der Waals surface area contributed by atoms with Gasteiger partial charge in [0, 0.05) is 19.6 Å². The number of hydrogen-bond donors (Lipinski definition) is 1. The highest BCUT2D eigenvalue weighted by molar-refractivity contribution is 4.69. The Morgan fingerprint density at radius 1 is 1.83 bits per heavy atom. The lowest BCUT2D eigenvalue weighted by Gasteiger charge is -2.34. The highest BCUT2D eigenvalue weighted by Gasteiger charge is 2.15. The van der Waals surface area contributed by atoms with Crippen molar-refractivity contribution in [3.05, 3.63) is 0 Å². The zero-order valence-electron chi connectivity index (χ0n) is 4.23. The molecule has 0 radical (unpaired) electrons. The van der Waals surface area contributed by atoms with E-state index in [1.54, 1.807) is 0 Å². The SMILES string of the molecule is C[C@@H]1CN(C)N1. The monoisotopic (exact) mass is 86.1 g/mol. The van der Waals surface area contributed by atoms with Gasteiger partial charge in [0.15, 0.2) is 0 Å². The molecule has 2 heteroatoms. The molecule has 1 heterocycles. The normalized spacial score (nSPS) is 36.0. The summed E-state index contributed by atoms with van der Waals surface area (Å²) in [5.41, 5.74) is 3.14. The molecular formula is C4H10N2. The summed E-state index contributed by atoms with van der Waals surface area (Å²) in [6, 6.07) is 0.718. The minimum absolute atomic E-state index is 0.718. The molecule has 1 rings (SSSR count). The molecule has 1 aliphatic rings. The largest absolute Gasteiger partial charge is 0.251 e. The van der Waals surface area contributed by atoms with E-state index in [0.717, 1.165) is 6.04 Å². The lowest BCUT2D eigenvalue weighted by Crippen LogP contribution is -2.57. The Labute approximate surface area is 38.1 Å². The zero-order chi connectivity index (χ0) is 4.57. The van der Waals surface area contributed by atoms with Gasteiger partial charge in [0.2, 0.25) is 0 Å². The van der Waals surface area contributed by atoms with Gasteiger partial charge in [-0.2, -0.15) is 0 Å². The molecule has 2 nitrogen and oxygen atoms in total. The maximum absolute atomic E-state index is 3.14.